The van der Waals surface area contributed by atoms with Crippen LogP contribution in [-0.4, -0.2) is 0 Å². The maximum absolute atomic E-state index is 6.95. The topological polar surface area (TPSA) is 0 Å². The molecule has 0 radical (unpaired) electrons. The highest BCUT2D eigenvalue weighted by molar-refractivity contribution is 6.27. The van der Waals surface area contributed by atoms with Gasteiger partial charge < -0.3 is 0 Å². The predicted octanol–water partition coefficient (Wildman–Crippen LogP) is 5.85. The van der Waals surface area contributed by atoms with Gasteiger partial charge in [0.2, 0.25) is 0 Å². The Bertz CT molecular complexity index is 607. The average molecular weight is 285 g/mol. The Morgan fingerprint density at radius 1 is 0.650 bits per heavy atom. The summed E-state index contributed by atoms with van der Waals surface area (Å²) in [5, 5.41) is 0. The van der Waals surface area contributed by atoms with Gasteiger partial charge in [0.05, 0.1) is 4.87 Å². The molecule has 1 heteroatoms. The van der Waals surface area contributed by atoms with Crippen LogP contribution < -0.4 is 0 Å². The van der Waals surface area contributed by atoms with Crippen molar-refractivity contribution in [1.29, 1.82) is 0 Å². The molecule has 0 amide bonds. The molecule has 2 aromatic carbocycles. The number of rotatable bonds is 2. The molecule has 0 spiro atoms. The molecule has 1 aliphatic carbocycles. The minimum atomic E-state index is -0.255. The first-order valence-electron chi connectivity index (χ1n) is 7.17. The van der Waals surface area contributed by atoms with Gasteiger partial charge in [-0.05, 0) is 27.5 Å². The number of benzene rings is 2. The molecule has 1 aliphatic rings. The molecule has 0 atom stereocenters. The van der Waals surface area contributed by atoms with Gasteiger partial charge in [0.25, 0.3) is 0 Å². The lowest BCUT2D eigenvalue weighted by molar-refractivity contribution is 0.457. The second kappa shape index (κ2) is 4.11. The molecule has 20 heavy (non-hydrogen) atoms. The van der Waals surface area contributed by atoms with Gasteiger partial charge in [-0.15, -0.1) is 11.6 Å². The standard InChI is InChI=1S/C19H21Cl/c1-17(2)18(3,4)19(17,20)16-12-10-15(11-13-16)14-8-6-5-7-9-14/h5-13H,1-4H3. The smallest absolute Gasteiger partial charge is 0.0808 e. The molecule has 0 N–H and O–H groups in total. The Hall–Kier alpha value is -1.27. The fourth-order valence-electron chi connectivity index (χ4n) is 3.49. The van der Waals surface area contributed by atoms with E-state index >= 15 is 0 Å². The van der Waals surface area contributed by atoms with E-state index in [1.165, 1.54) is 16.7 Å². The van der Waals surface area contributed by atoms with Crippen LogP contribution in [0.1, 0.15) is 33.3 Å². The van der Waals surface area contributed by atoms with E-state index in [2.05, 4.69) is 76.2 Å². The summed E-state index contributed by atoms with van der Waals surface area (Å²) in [6.07, 6.45) is 0. The van der Waals surface area contributed by atoms with Crippen LogP contribution in [0.15, 0.2) is 54.6 Å². The van der Waals surface area contributed by atoms with E-state index in [-0.39, 0.29) is 15.7 Å². The van der Waals surface area contributed by atoms with Gasteiger partial charge in [-0.3, -0.25) is 0 Å². The molecule has 0 aliphatic heterocycles. The lowest BCUT2D eigenvalue weighted by Crippen LogP contribution is -2.07. The van der Waals surface area contributed by atoms with E-state index in [0.717, 1.165) is 0 Å². The van der Waals surface area contributed by atoms with Crippen LogP contribution in [0, 0.1) is 10.8 Å². The largest absolute Gasteiger partial charge is 0.113 e. The average Bonchev–Trinajstić information content (AvgIpc) is 2.78. The normalized spacial score (nSPS) is 21.4. The Balaban J connectivity index is 1.97. The quantitative estimate of drug-likeness (QED) is 0.607. The van der Waals surface area contributed by atoms with Crippen molar-refractivity contribution >= 4 is 11.6 Å². The van der Waals surface area contributed by atoms with Gasteiger partial charge in [-0.1, -0.05) is 82.3 Å². The molecule has 1 fully saturated rings. The Morgan fingerprint density at radius 2 is 1.10 bits per heavy atom. The highest BCUT2D eigenvalue weighted by Crippen LogP contribution is 2.80. The van der Waals surface area contributed by atoms with Crippen LogP contribution in [0.3, 0.4) is 0 Å². The van der Waals surface area contributed by atoms with Crippen LogP contribution in [0.2, 0.25) is 0 Å². The lowest BCUT2D eigenvalue weighted by Gasteiger charge is -2.14. The molecular formula is C19H21Cl. The fourth-order valence-corrected chi connectivity index (χ4v) is 4.04. The number of halogens is 1. The molecule has 0 nitrogen and oxygen atoms in total. The van der Waals surface area contributed by atoms with Crippen molar-refractivity contribution in [2.75, 3.05) is 0 Å². The zero-order chi connectivity index (χ0) is 14.6. The predicted molar refractivity (Wildman–Crippen MR) is 87.0 cm³/mol. The van der Waals surface area contributed by atoms with E-state index in [1.54, 1.807) is 0 Å². The molecule has 0 bridgehead atoms. The van der Waals surface area contributed by atoms with Crippen LogP contribution in [0.25, 0.3) is 11.1 Å². The highest BCUT2D eigenvalue weighted by atomic mass is 35.5. The Kier molecular flexibility index (Phi) is 2.82. The summed E-state index contributed by atoms with van der Waals surface area (Å²) in [7, 11) is 0. The third kappa shape index (κ3) is 1.55. The van der Waals surface area contributed by atoms with Crippen molar-refractivity contribution < 1.29 is 0 Å². The van der Waals surface area contributed by atoms with E-state index in [0.29, 0.717) is 0 Å². The molecule has 0 unspecified atom stereocenters. The van der Waals surface area contributed by atoms with Gasteiger partial charge >= 0.3 is 0 Å². The maximum Gasteiger partial charge on any atom is 0.0808 e. The van der Waals surface area contributed by atoms with Crippen molar-refractivity contribution in [2.24, 2.45) is 10.8 Å². The molecule has 0 aromatic heterocycles. The van der Waals surface area contributed by atoms with Crippen molar-refractivity contribution in [2.45, 2.75) is 32.6 Å². The van der Waals surface area contributed by atoms with Gasteiger partial charge in [-0.2, -0.15) is 0 Å². The van der Waals surface area contributed by atoms with Crippen molar-refractivity contribution in [3.63, 3.8) is 0 Å². The molecular weight excluding hydrogens is 264 g/mol. The van der Waals surface area contributed by atoms with Crippen molar-refractivity contribution in [3.8, 4) is 11.1 Å². The zero-order valence-electron chi connectivity index (χ0n) is 12.6. The van der Waals surface area contributed by atoms with E-state index < -0.39 is 0 Å². The molecule has 3 rings (SSSR count). The first-order valence-corrected chi connectivity index (χ1v) is 7.55. The first-order chi connectivity index (χ1) is 9.32. The first kappa shape index (κ1) is 13.7. The van der Waals surface area contributed by atoms with E-state index in [9.17, 15) is 0 Å². The minimum Gasteiger partial charge on any atom is -0.113 e. The highest BCUT2D eigenvalue weighted by Gasteiger charge is 2.77. The van der Waals surface area contributed by atoms with Gasteiger partial charge in [0.15, 0.2) is 0 Å². The monoisotopic (exact) mass is 284 g/mol. The summed E-state index contributed by atoms with van der Waals surface area (Å²) in [5.74, 6) is 0. The Labute approximate surface area is 126 Å². The van der Waals surface area contributed by atoms with Crippen LogP contribution >= 0.6 is 11.6 Å². The zero-order valence-corrected chi connectivity index (χ0v) is 13.3. The summed E-state index contributed by atoms with van der Waals surface area (Å²) >= 11 is 6.95. The number of alkyl halides is 1. The van der Waals surface area contributed by atoms with Gasteiger partial charge in [0, 0.05) is 0 Å². The van der Waals surface area contributed by atoms with Gasteiger partial charge in [-0.25, -0.2) is 0 Å². The van der Waals surface area contributed by atoms with Crippen molar-refractivity contribution in [1.82, 2.24) is 0 Å². The molecule has 1 saturated carbocycles. The molecule has 0 saturated heterocycles. The molecule has 104 valence electrons. The summed E-state index contributed by atoms with van der Waals surface area (Å²) in [5.41, 5.74) is 3.96. The summed E-state index contributed by atoms with van der Waals surface area (Å²) in [6, 6.07) is 19.2. The third-order valence-corrected chi connectivity index (χ3v) is 6.78. The minimum absolute atomic E-state index is 0.121. The molecule has 0 heterocycles. The maximum atomic E-state index is 6.95. The van der Waals surface area contributed by atoms with Gasteiger partial charge in [0.1, 0.15) is 0 Å². The second-order valence-corrected chi connectivity index (χ2v) is 7.42. The fraction of sp³-hybridized carbons (Fsp3) is 0.368. The van der Waals surface area contributed by atoms with Crippen molar-refractivity contribution in [3.05, 3.63) is 60.2 Å². The lowest BCUT2D eigenvalue weighted by atomic mass is 9.98. The van der Waals surface area contributed by atoms with Crippen LogP contribution in [-0.2, 0) is 4.87 Å². The van der Waals surface area contributed by atoms with E-state index in [1.807, 2.05) is 6.07 Å². The second-order valence-electron chi connectivity index (χ2n) is 6.85. The van der Waals surface area contributed by atoms with E-state index in [4.69, 9.17) is 11.6 Å². The molecule has 2 aromatic rings. The summed E-state index contributed by atoms with van der Waals surface area (Å²) < 4.78 is 0. The number of hydrogen-bond acceptors (Lipinski definition) is 0. The Morgan fingerprint density at radius 3 is 1.55 bits per heavy atom. The SMILES string of the molecule is CC1(C)C(C)(C)C1(Cl)c1ccc(-c2ccccc2)cc1. The van der Waals surface area contributed by atoms with Crippen LogP contribution in [0.4, 0.5) is 0 Å². The number of hydrogen-bond donors (Lipinski definition) is 0. The summed E-state index contributed by atoms with van der Waals surface area (Å²) in [6.45, 7) is 9.02. The van der Waals surface area contributed by atoms with Crippen LogP contribution in [0.5, 0.6) is 0 Å². The summed E-state index contributed by atoms with van der Waals surface area (Å²) in [4.78, 5) is -0.255. The third-order valence-electron chi connectivity index (χ3n) is 5.61.